The molecule has 140 valence electrons. The summed E-state index contributed by atoms with van der Waals surface area (Å²) in [6.45, 7) is 8.61. The predicted octanol–water partition coefficient (Wildman–Crippen LogP) is 2.10. The highest BCUT2D eigenvalue weighted by Crippen LogP contribution is 2.15. The molecule has 0 bridgehead atoms. The Kier molecular flexibility index (Phi) is 6.04. The number of nitrogens with zero attached hydrogens (tertiary/aromatic N) is 5. The Morgan fingerprint density at radius 2 is 2.04 bits per heavy atom. The van der Waals surface area contributed by atoms with Crippen LogP contribution in [0.3, 0.4) is 0 Å². The lowest BCUT2D eigenvalue weighted by atomic mass is 10.1. The quantitative estimate of drug-likeness (QED) is 0.824. The molecule has 6 nitrogen and oxygen atoms in total. The van der Waals surface area contributed by atoms with E-state index in [1.54, 1.807) is 6.20 Å². The van der Waals surface area contributed by atoms with Crippen LogP contribution in [0, 0.1) is 13.8 Å². The molecule has 2 aromatic heterocycles. The van der Waals surface area contributed by atoms with Crippen LogP contribution in [0.1, 0.15) is 35.4 Å². The van der Waals surface area contributed by atoms with Gasteiger partial charge in [-0.25, -0.2) is 0 Å². The fourth-order valence-corrected chi connectivity index (χ4v) is 3.70. The molecule has 1 saturated heterocycles. The first-order valence-electron chi connectivity index (χ1n) is 9.42. The Bertz CT molecular complexity index is 740. The zero-order chi connectivity index (χ0) is 18.5. The second-order valence-electron chi connectivity index (χ2n) is 7.14. The van der Waals surface area contributed by atoms with Crippen LogP contribution in [0.25, 0.3) is 0 Å². The number of amides is 1. The molecule has 0 unspecified atom stereocenters. The number of aromatic nitrogens is 3. The van der Waals surface area contributed by atoms with E-state index in [9.17, 15) is 4.79 Å². The summed E-state index contributed by atoms with van der Waals surface area (Å²) in [6.07, 6.45) is 6.09. The number of rotatable bonds is 5. The van der Waals surface area contributed by atoms with Crippen LogP contribution in [0.2, 0.25) is 0 Å². The maximum Gasteiger partial charge on any atom is 0.222 e. The summed E-state index contributed by atoms with van der Waals surface area (Å²) in [4.78, 5) is 21.3. The van der Waals surface area contributed by atoms with Gasteiger partial charge in [-0.1, -0.05) is 6.07 Å². The van der Waals surface area contributed by atoms with Gasteiger partial charge in [0, 0.05) is 64.3 Å². The summed E-state index contributed by atoms with van der Waals surface area (Å²) < 4.78 is 1.90. The largest absolute Gasteiger partial charge is 0.341 e. The van der Waals surface area contributed by atoms with Crippen molar-refractivity contribution in [1.82, 2.24) is 24.6 Å². The average molecular weight is 355 g/mol. The minimum absolute atomic E-state index is 0.260. The van der Waals surface area contributed by atoms with Crippen LogP contribution >= 0.6 is 0 Å². The normalized spacial score (nSPS) is 15.9. The molecule has 1 fully saturated rings. The van der Waals surface area contributed by atoms with E-state index in [1.165, 1.54) is 11.1 Å². The Labute approximate surface area is 155 Å². The van der Waals surface area contributed by atoms with Gasteiger partial charge in [0.2, 0.25) is 5.91 Å². The first kappa shape index (κ1) is 18.6. The van der Waals surface area contributed by atoms with Gasteiger partial charge in [-0.3, -0.25) is 19.4 Å². The molecule has 1 amide bonds. The summed E-state index contributed by atoms with van der Waals surface area (Å²) >= 11 is 0. The van der Waals surface area contributed by atoms with Crippen LogP contribution in [-0.4, -0.2) is 56.7 Å². The van der Waals surface area contributed by atoms with E-state index in [4.69, 9.17) is 0 Å². The van der Waals surface area contributed by atoms with Gasteiger partial charge in [-0.05, 0) is 43.9 Å². The third-order valence-corrected chi connectivity index (χ3v) is 5.32. The topological polar surface area (TPSA) is 54.3 Å². The van der Waals surface area contributed by atoms with Gasteiger partial charge in [0.05, 0.1) is 5.69 Å². The SMILES string of the molecule is Cc1nn(C)c(C)c1CCC(=O)N1CCCN(Cc2cccnc2)CC1. The van der Waals surface area contributed by atoms with Crippen molar-refractivity contribution in [3.8, 4) is 0 Å². The Morgan fingerprint density at radius 1 is 1.19 bits per heavy atom. The maximum atomic E-state index is 12.7. The molecule has 6 heteroatoms. The minimum Gasteiger partial charge on any atom is -0.341 e. The van der Waals surface area contributed by atoms with E-state index in [0.717, 1.165) is 57.0 Å². The maximum absolute atomic E-state index is 12.7. The number of carbonyl (C=O) groups is 1. The Balaban J connectivity index is 1.51. The van der Waals surface area contributed by atoms with Gasteiger partial charge in [0.1, 0.15) is 0 Å². The van der Waals surface area contributed by atoms with Crippen LogP contribution < -0.4 is 0 Å². The van der Waals surface area contributed by atoms with Crippen LogP contribution in [0.4, 0.5) is 0 Å². The molecule has 3 rings (SSSR count). The lowest BCUT2D eigenvalue weighted by Gasteiger charge is -2.22. The lowest BCUT2D eigenvalue weighted by Crippen LogP contribution is -2.35. The summed E-state index contributed by atoms with van der Waals surface area (Å²) in [6, 6.07) is 4.09. The lowest BCUT2D eigenvalue weighted by molar-refractivity contribution is -0.131. The number of aryl methyl sites for hydroxylation is 2. The van der Waals surface area contributed by atoms with Crippen molar-refractivity contribution in [3.05, 3.63) is 47.0 Å². The standard InChI is InChI=1S/C20H29N5O/c1-16-19(17(2)23(3)22-16)7-8-20(26)25-11-5-10-24(12-13-25)15-18-6-4-9-21-14-18/h4,6,9,14H,5,7-8,10-13,15H2,1-3H3. The van der Waals surface area contributed by atoms with Gasteiger partial charge in [-0.15, -0.1) is 0 Å². The predicted molar refractivity (Wildman–Crippen MR) is 102 cm³/mol. The molecule has 2 aromatic rings. The van der Waals surface area contributed by atoms with E-state index in [1.807, 2.05) is 35.8 Å². The first-order chi connectivity index (χ1) is 12.5. The van der Waals surface area contributed by atoms with Gasteiger partial charge in [-0.2, -0.15) is 5.10 Å². The zero-order valence-corrected chi connectivity index (χ0v) is 16.1. The summed E-state index contributed by atoms with van der Waals surface area (Å²) in [5.41, 5.74) is 4.65. The fourth-order valence-electron chi connectivity index (χ4n) is 3.70. The highest BCUT2D eigenvalue weighted by Gasteiger charge is 2.20. The van der Waals surface area contributed by atoms with E-state index in [-0.39, 0.29) is 5.91 Å². The molecule has 0 aliphatic carbocycles. The van der Waals surface area contributed by atoms with Gasteiger partial charge in [0.25, 0.3) is 0 Å². The molecule has 0 N–H and O–H groups in total. The summed E-state index contributed by atoms with van der Waals surface area (Å²) in [5.74, 6) is 0.260. The first-order valence-corrected chi connectivity index (χ1v) is 9.42. The van der Waals surface area contributed by atoms with Gasteiger partial charge < -0.3 is 4.90 Å². The summed E-state index contributed by atoms with van der Waals surface area (Å²) in [5, 5.41) is 4.45. The van der Waals surface area contributed by atoms with Crippen molar-refractivity contribution in [3.63, 3.8) is 0 Å². The molecule has 0 atom stereocenters. The molecule has 1 aliphatic heterocycles. The number of hydrogen-bond acceptors (Lipinski definition) is 4. The molecule has 0 radical (unpaired) electrons. The second-order valence-corrected chi connectivity index (χ2v) is 7.14. The zero-order valence-electron chi connectivity index (χ0n) is 16.1. The van der Waals surface area contributed by atoms with Crippen molar-refractivity contribution in [1.29, 1.82) is 0 Å². The van der Waals surface area contributed by atoms with E-state index in [0.29, 0.717) is 6.42 Å². The molecule has 0 aromatic carbocycles. The number of pyridine rings is 1. The summed E-state index contributed by atoms with van der Waals surface area (Å²) in [7, 11) is 1.96. The molecule has 0 spiro atoms. The van der Waals surface area contributed by atoms with E-state index < -0.39 is 0 Å². The minimum atomic E-state index is 0.260. The van der Waals surface area contributed by atoms with Gasteiger partial charge >= 0.3 is 0 Å². The highest BCUT2D eigenvalue weighted by atomic mass is 16.2. The molecular weight excluding hydrogens is 326 g/mol. The number of hydrogen-bond donors (Lipinski definition) is 0. The van der Waals surface area contributed by atoms with Crippen molar-refractivity contribution < 1.29 is 4.79 Å². The Hall–Kier alpha value is -2.21. The monoisotopic (exact) mass is 355 g/mol. The third kappa shape index (κ3) is 4.49. The molecule has 26 heavy (non-hydrogen) atoms. The van der Waals surface area contributed by atoms with Gasteiger partial charge in [0.15, 0.2) is 0 Å². The molecule has 1 aliphatic rings. The van der Waals surface area contributed by atoms with Crippen molar-refractivity contribution in [2.75, 3.05) is 26.2 Å². The average Bonchev–Trinajstić information content (AvgIpc) is 2.81. The van der Waals surface area contributed by atoms with Crippen LogP contribution in [-0.2, 0) is 24.8 Å². The fraction of sp³-hybridized carbons (Fsp3) is 0.550. The van der Waals surface area contributed by atoms with E-state index in [2.05, 4.69) is 28.0 Å². The van der Waals surface area contributed by atoms with Crippen LogP contribution in [0.5, 0.6) is 0 Å². The highest BCUT2D eigenvalue weighted by molar-refractivity contribution is 5.76. The molecule has 3 heterocycles. The molecular formula is C20H29N5O. The third-order valence-electron chi connectivity index (χ3n) is 5.32. The van der Waals surface area contributed by atoms with Crippen LogP contribution in [0.15, 0.2) is 24.5 Å². The second kappa shape index (κ2) is 8.45. The number of carbonyl (C=O) groups excluding carboxylic acids is 1. The molecule has 0 saturated carbocycles. The van der Waals surface area contributed by atoms with Crippen molar-refractivity contribution in [2.24, 2.45) is 7.05 Å². The van der Waals surface area contributed by atoms with E-state index >= 15 is 0 Å². The van der Waals surface area contributed by atoms with Crippen molar-refractivity contribution >= 4 is 5.91 Å². The smallest absolute Gasteiger partial charge is 0.222 e. The van der Waals surface area contributed by atoms with Crippen molar-refractivity contribution in [2.45, 2.75) is 39.7 Å². The Morgan fingerprint density at radius 3 is 2.73 bits per heavy atom.